The second-order valence-corrected chi connectivity index (χ2v) is 3.94. The molecule has 2 N–H and O–H groups in total. The zero-order valence-electron chi connectivity index (χ0n) is 8.91. The van der Waals surface area contributed by atoms with Gasteiger partial charge in [0.1, 0.15) is 11.5 Å². The molecule has 0 saturated heterocycles. The van der Waals surface area contributed by atoms with Crippen LogP contribution in [0.5, 0.6) is 0 Å². The number of carbonyl (C=O) groups is 2. The van der Waals surface area contributed by atoms with Crippen LogP contribution in [0, 0.1) is 5.82 Å². The Morgan fingerprint density at radius 2 is 2.06 bits per heavy atom. The van der Waals surface area contributed by atoms with Crippen LogP contribution < -0.4 is 0 Å². The number of halogens is 2. The Kier molecular flexibility index (Phi) is 3.16. The number of nitrogens with one attached hydrogen (secondary N) is 1. The van der Waals surface area contributed by atoms with Crippen molar-refractivity contribution >= 4 is 23.4 Å². The number of carbonyl (C=O) groups excluding carboxylic acids is 1. The number of aromatic nitrogens is 1. The fraction of sp³-hybridized carbons (Fsp3) is 0. The van der Waals surface area contributed by atoms with E-state index < -0.39 is 17.6 Å². The van der Waals surface area contributed by atoms with Crippen molar-refractivity contribution in [2.75, 3.05) is 0 Å². The molecule has 0 spiro atoms. The second kappa shape index (κ2) is 4.62. The molecule has 0 saturated carbocycles. The number of aromatic carboxylic acids is 1. The van der Waals surface area contributed by atoms with E-state index in [-0.39, 0.29) is 21.8 Å². The van der Waals surface area contributed by atoms with Crippen LogP contribution in [0.1, 0.15) is 26.4 Å². The monoisotopic (exact) mass is 267 g/mol. The molecule has 1 aromatic heterocycles. The molecule has 1 aromatic carbocycles. The molecule has 0 unspecified atom stereocenters. The number of hydrogen-bond acceptors (Lipinski definition) is 2. The first-order valence-corrected chi connectivity index (χ1v) is 5.29. The number of H-pyrrole nitrogens is 1. The van der Waals surface area contributed by atoms with Crippen molar-refractivity contribution in [1.29, 1.82) is 0 Å². The number of hydrogen-bond donors (Lipinski definition) is 2. The fourth-order valence-corrected chi connectivity index (χ4v) is 1.76. The van der Waals surface area contributed by atoms with Crippen LogP contribution in [0.4, 0.5) is 4.39 Å². The maximum Gasteiger partial charge on any atom is 0.352 e. The van der Waals surface area contributed by atoms with Crippen LogP contribution in [-0.4, -0.2) is 21.8 Å². The van der Waals surface area contributed by atoms with E-state index >= 15 is 0 Å². The summed E-state index contributed by atoms with van der Waals surface area (Å²) in [7, 11) is 0. The Balaban J connectivity index is 2.45. The summed E-state index contributed by atoms with van der Waals surface area (Å²) >= 11 is 5.76. The molecule has 92 valence electrons. The molecular formula is C12H7ClFNO3. The Bertz CT molecular complexity index is 616. The number of ketones is 1. The highest BCUT2D eigenvalue weighted by Crippen LogP contribution is 2.22. The minimum absolute atomic E-state index is 0.0157. The molecule has 4 nitrogen and oxygen atoms in total. The van der Waals surface area contributed by atoms with Crippen molar-refractivity contribution in [3.8, 4) is 0 Å². The maximum absolute atomic E-state index is 13.5. The number of carboxylic acids is 1. The highest BCUT2D eigenvalue weighted by Gasteiger charge is 2.19. The van der Waals surface area contributed by atoms with Crippen LogP contribution in [-0.2, 0) is 0 Å². The van der Waals surface area contributed by atoms with Crippen LogP contribution in [0.15, 0.2) is 30.5 Å². The van der Waals surface area contributed by atoms with Crippen LogP contribution in [0.3, 0.4) is 0 Å². The molecule has 2 rings (SSSR count). The lowest BCUT2D eigenvalue weighted by Crippen LogP contribution is -2.04. The third-order valence-electron chi connectivity index (χ3n) is 2.37. The van der Waals surface area contributed by atoms with Crippen molar-refractivity contribution in [3.63, 3.8) is 0 Å². The van der Waals surface area contributed by atoms with E-state index in [1.54, 1.807) is 0 Å². The average Bonchev–Trinajstić information content (AvgIpc) is 2.77. The molecule has 0 atom stereocenters. The number of benzene rings is 1. The van der Waals surface area contributed by atoms with E-state index in [4.69, 9.17) is 16.7 Å². The first-order chi connectivity index (χ1) is 8.50. The third kappa shape index (κ3) is 2.12. The van der Waals surface area contributed by atoms with E-state index in [0.717, 1.165) is 12.1 Å². The summed E-state index contributed by atoms with van der Waals surface area (Å²) < 4.78 is 13.5. The van der Waals surface area contributed by atoms with E-state index in [1.165, 1.54) is 18.3 Å². The molecular weight excluding hydrogens is 261 g/mol. The molecule has 0 radical (unpaired) electrons. The molecule has 2 aromatic rings. The molecule has 0 amide bonds. The van der Waals surface area contributed by atoms with Gasteiger partial charge in [-0.15, -0.1) is 0 Å². The minimum Gasteiger partial charge on any atom is -0.477 e. The van der Waals surface area contributed by atoms with Crippen LogP contribution >= 0.6 is 11.6 Å². The first-order valence-electron chi connectivity index (χ1n) is 4.91. The zero-order chi connectivity index (χ0) is 13.3. The van der Waals surface area contributed by atoms with E-state index in [9.17, 15) is 14.0 Å². The van der Waals surface area contributed by atoms with Crippen molar-refractivity contribution in [2.24, 2.45) is 0 Å². The van der Waals surface area contributed by atoms with Gasteiger partial charge in [0.05, 0.1) is 10.6 Å². The summed E-state index contributed by atoms with van der Waals surface area (Å²) in [5.74, 6) is -2.61. The molecule has 1 heterocycles. The van der Waals surface area contributed by atoms with Crippen LogP contribution in [0.2, 0.25) is 5.02 Å². The van der Waals surface area contributed by atoms with Crippen molar-refractivity contribution in [3.05, 3.63) is 58.1 Å². The lowest BCUT2D eigenvalue weighted by atomic mass is 10.1. The van der Waals surface area contributed by atoms with Gasteiger partial charge < -0.3 is 10.1 Å². The zero-order valence-corrected chi connectivity index (χ0v) is 9.66. The van der Waals surface area contributed by atoms with Crippen molar-refractivity contribution in [1.82, 2.24) is 4.98 Å². The quantitative estimate of drug-likeness (QED) is 0.840. The van der Waals surface area contributed by atoms with Crippen LogP contribution in [0.25, 0.3) is 0 Å². The standard InChI is InChI=1S/C12H7ClFNO3/c13-7-2-1-3-8(14)10(7)11(16)6-4-9(12(17)18)15-5-6/h1-5,15H,(H,17,18). The maximum atomic E-state index is 13.5. The van der Waals surface area contributed by atoms with E-state index in [1.807, 2.05) is 0 Å². The average molecular weight is 268 g/mol. The van der Waals surface area contributed by atoms with Gasteiger partial charge in [0.15, 0.2) is 5.78 Å². The molecule has 0 aliphatic carbocycles. The Morgan fingerprint density at radius 1 is 1.33 bits per heavy atom. The summed E-state index contributed by atoms with van der Waals surface area (Å²) in [6.07, 6.45) is 1.20. The SMILES string of the molecule is O=C(O)c1cc(C(=O)c2c(F)cccc2Cl)c[nH]1. The second-order valence-electron chi connectivity index (χ2n) is 3.53. The highest BCUT2D eigenvalue weighted by molar-refractivity contribution is 6.35. The summed E-state index contributed by atoms with van der Waals surface area (Å²) in [6, 6.07) is 5.02. The number of carboxylic acid groups (broad SMARTS) is 1. The normalized spacial score (nSPS) is 10.3. The summed E-state index contributed by atoms with van der Waals surface area (Å²) in [5, 5.41) is 8.70. The molecule has 0 fully saturated rings. The smallest absolute Gasteiger partial charge is 0.352 e. The number of rotatable bonds is 3. The predicted molar refractivity (Wildman–Crippen MR) is 62.6 cm³/mol. The predicted octanol–water partition coefficient (Wildman–Crippen LogP) is 2.74. The summed E-state index contributed by atoms with van der Waals surface area (Å²) in [4.78, 5) is 25.1. The third-order valence-corrected chi connectivity index (χ3v) is 2.68. The van der Waals surface area contributed by atoms with Gasteiger partial charge in [0.2, 0.25) is 0 Å². The molecule has 6 heteroatoms. The Labute approximate surface area is 106 Å². The first kappa shape index (κ1) is 12.3. The van der Waals surface area contributed by atoms with Gasteiger partial charge in [0, 0.05) is 11.8 Å². The topological polar surface area (TPSA) is 70.2 Å². The number of aromatic amines is 1. The van der Waals surface area contributed by atoms with Gasteiger partial charge in [0.25, 0.3) is 0 Å². The van der Waals surface area contributed by atoms with Gasteiger partial charge in [-0.2, -0.15) is 0 Å². The highest BCUT2D eigenvalue weighted by atomic mass is 35.5. The summed E-state index contributed by atoms with van der Waals surface area (Å²) in [5.41, 5.74) is -0.375. The molecule has 0 aliphatic heterocycles. The molecule has 18 heavy (non-hydrogen) atoms. The minimum atomic E-state index is -1.20. The van der Waals surface area contributed by atoms with Crippen molar-refractivity contribution in [2.45, 2.75) is 0 Å². The lowest BCUT2D eigenvalue weighted by molar-refractivity contribution is 0.0691. The van der Waals surface area contributed by atoms with E-state index in [0.29, 0.717) is 0 Å². The Hall–Kier alpha value is -2.14. The van der Waals surface area contributed by atoms with Gasteiger partial charge in [-0.25, -0.2) is 9.18 Å². The van der Waals surface area contributed by atoms with Gasteiger partial charge >= 0.3 is 5.97 Å². The van der Waals surface area contributed by atoms with Gasteiger partial charge in [-0.05, 0) is 18.2 Å². The molecule has 0 bridgehead atoms. The molecule has 0 aliphatic rings. The lowest BCUT2D eigenvalue weighted by Gasteiger charge is -2.02. The van der Waals surface area contributed by atoms with Gasteiger partial charge in [-0.1, -0.05) is 17.7 Å². The van der Waals surface area contributed by atoms with E-state index in [2.05, 4.69) is 4.98 Å². The largest absolute Gasteiger partial charge is 0.477 e. The Morgan fingerprint density at radius 3 is 2.61 bits per heavy atom. The fourth-order valence-electron chi connectivity index (χ4n) is 1.51. The summed E-state index contributed by atoms with van der Waals surface area (Å²) in [6.45, 7) is 0. The van der Waals surface area contributed by atoms with Gasteiger partial charge in [-0.3, -0.25) is 4.79 Å². The van der Waals surface area contributed by atoms with Crippen molar-refractivity contribution < 1.29 is 19.1 Å².